The highest BCUT2D eigenvalue weighted by Crippen LogP contribution is 2.30. The monoisotopic (exact) mass is 341 g/mol. The first-order chi connectivity index (χ1) is 9.04. The van der Waals surface area contributed by atoms with E-state index in [1.54, 1.807) is 7.05 Å². The van der Waals surface area contributed by atoms with E-state index in [0.717, 1.165) is 35.1 Å². The lowest BCUT2D eigenvalue weighted by Gasteiger charge is -2.27. The number of carbonyl (C=O) groups excluding carboxylic acids is 1. The van der Waals surface area contributed by atoms with Gasteiger partial charge in [0.1, 0.15) is 11.0 Å². The van der Waals surface area contributed by atoms with E-state index in [-0.39, 0.29) is 11.9 Å². The van der Waals surface area contributed by atoms with Crippen molar-refractivity contribution < 1.29 is 4.79 Å². The Morgan fingerprint density at radius 1 is 1.58 bits per heavy atom. The Kier molecular flexibility index (Phi) is 4.42. The van der Waals surface area contributed by atoms with E-state index in [9.17, 15) is 4.79 Å². The quantitative estimate of drug-likeness (QED) is 0.823. The molecule has 102 valence electrons. The van der Waals surface area contributed by atoms with Gasteiger partial charge in [-0.05, 0) is 31.0 Å². The summed E-state index contributed by atoms with van der Waals surface area (Å²) in [5, 5.41) is 2.71. The fourth-order valence-electron chi connectivity index (χ4n) is 2.45. The second-order valence-corrected chi connectivity index (χ2v) is 5.85. The smallest absolute Gasteiger partial charge is 0.242 e. The van der Waals surface area contributed by atoms with E-state index in [1.165, 1.54) is 0 Å². The van der Waals surface area contributed by atoms with Crippen LogP contribution < -0.4 is 16.0 Å². The van der Waals surface area contributed by atoms with Crippen LogP contribution in [0.25, 0.3) is 0 Å². The van der Waals surface area contributed by atoms with E-state index in [0.29, 0.717) is 4.99 Å². The van der Waals surface area contributed by atoms with Gasteiger partial charge >= 0.3 is 0 Å². The number of nitrogens with zero attached hydrogens (tertiary/aromatic N) is 1. The molecule has 1 aliphatic rings. The lowest BCUT2D eigenvalue weighted by molar-refractivity contribution is -0.121. The zero-order chi connectivity index (χ0) is 14.0. The molecule has 2 rings (SSSR count). The molecule has 0 aliphatic carbocycles. The first kappa shape index (κ1) is 14.3. The molecule has 0 bridgehead atoms. The molecule has 1 fully saturated rings. The highest BCUT2D eigenvalue weighted by molar-refractivity contribution is 9.10. The van der Waals surface area contributed by atoms with E-state index in [2.05, 4.69) is 26.1 Å². The molecule has 0 spiro atoms. The number of nitrogens with two attached hydrogens (primary N) is 1. The molecule has 1 aromatic carbocycles. The van der Waals surface area contributed by atoms with Crippen molar-refractivity contribution in [3.63, 3.8) is 0 Å². The average Bonchev–Trinajstić information content (AvgIpc) is 2.86. The number of anilines is 1. The van der Waals surface area contributed by atoms with Crippen LogP contribution >= 0.6 is 28.1 Å². The Hall–Kier alpha value is -1.14. The summed E-state index contributed by atoms with van der Waals surface area (Å²) in [7, 11) is 1.66. The molecule has 0 radical (unpaired) electrons. The number of carbonyl (C=O) groups is 1. The SMILES string of the molecule is CNC(=O)C1CCCN1c1ccc(Br)cc1C(N)=S. The van der Waals surface area contributed by atoms with Crippen LogP contribution in [-0.4, -0.2) is 30.5 Å². The van der Waals surface area contributed by atoms with Crippen LogP contribution in [0.15, 0.2) is 22.7 Å². The molecule has 1 atom stereocenters. The summed E-state index contributed by atoms with van der Waals surface area (Å²) in [6, 6.07) is 5.66. The minimum Gasteiger partial charge on any atom is -0.389 e. The van der Waals surface area contributed by atoms with E-state index in [1.807, 2.05) is 18.2 Å². The van der Waals surface area contributed by atoms with Crippen molar-refractivity contribution in [3.8, 4) is 0 Å². The van der Waals surface area contributed by atoms with Crippen molar-refractivity contribution in [1.29, 1.82) is 0 Å². The van der Waals surface area contributed by atoms with Crippen molar-refractivity contribution >= 4 is 44.7 Å². The normalized spacial score (nSPS) is 18.4. The lowest BCUT2D eigenvalue weighted by Crippen LogP contribution is -2.42. The van der Waals surface area contributed by atoms with Crippen LogP contribution in [0.5, 0.6) is 0 Å². The summed E-state index contributed by atoms with van der Waals surface area (Å²) < 4.78 is 0.926. The molecule has 19 heavy (non-hydrogen) atoms. The van der Waals surface area contributed by atoms with Gasteiger partial charge in [-0.3, -0.25) is 4.79 Å². The van der Waals surface area contributed by atoms with Gasteiger partial charge in [0.05, 0.1) is 0 Å². The van der Waals surface area contributed by atoms with Crippen LogP contribution in [-0.2, 0) is 4.79 Å². The van der Waals surface area contributed by atoms with Crippen molar-refractivity contribution in [2.45, 2.75) is 18.9 Å². The molecule has 1 unspecified atom stereocenters. The van der Waals surface area contributed by atoms with Gasteiger partial charge in [-0.25, -0.2) is 0 Å². The standard InChI is InChI=1S/C13H16BrN3OS/c1-16-13(18)11-3-2-6-17(11)10-5-4-8(14)7-9(10)12(15)19/h4-5,7,11H,2-3,6H2,1H3,(H2,15,19)(H,16,18). The summed E-state index contributed by atoms with van der Waals surface area (Å²) >= 11 is 8.53. The van der Waals surface area contributed by atoms with Crippen LogP contribution in [0.3, 0.4) is 0 Å². The third kappa shape index (κ3) is 2.90. The molecule has 0 saturated carbocycles. The lowest BCUT2D eigenvalue weighted by atomic mass is 10.1. The zero-order valence-corrected chi connectivity index (χ0v) is 13.1. The van der Waals surface area contributed by atoms with Gasteiger partial charge in [0, 0.05) is 29.3 Å². The van der Waals surface area contributed by atoms with Crippen LogP contribution in [0.2, 0.25) is 0 Å². The maximum Gasteiger partial charge on any atom is 0.242 e. The summed E-state index contributed by atoms with van der Waals surface area (Å²) in [6.07, 6.45) is 1.84. The van der Waals surface area contributed by atoms with Gasteiger partial charge in [-0.2, -0.15) is 0 Å². The Morgan fingerprint density at radius 2 is 2.32 bits per heavy atom. The number of hydrogen-bond acceptors (Lipinski definition) is 3. The second-order valence-electron chi connectivity index (χ2n) is 4.49. The fraction of sp³-hybridized carbons (Fsp3) is 0.385. The predicted molar refractivity (Wildman–Crippen MR) is 84.5 cm³/mol. The molecular formula is C13H16BrN3OS. The summed E-state index contributed by atoms with van der Waals surface area (Å²) in [5.41, 5.74) is 7.53. The Morgan fingerprint density at radius 3 is 2.95 bits per heavy atom. The van der Waals surface area contributed by atoms with Crippen LogP contribution in [0, 0.1) is 0 Å². The highest BCUT2D eigenvalue weighted by atomic mass is 79.9. The largest absolute Gasteiger partial charge is 0.389 e. The van der Waals surface area contributed by atoms with Gasteiger partial charge in [-0.1, -0.05) is 28.1 Å². The first-order valence-electron chi connectivity index (χ1n) is 6.12. The zero-order valence-electron chi connectivity index (χ0n) is 10.6. The van der Waals surface area contributed by atoms with Gasteiger partial charge in [0.25, 0.3) is 0 Å². The van der Waals surface area contributed by atoms with Crippen molar-refractivity contribution in [2.24, 2.45) is 5.73 Å². The van der Waals surface area contributed by atoms with Gasteiger partial charge < -0.3 is 16.0 Å². The van der Waals surface area contributed by atoms with Gasteiger partial charge in [0.15, 0.2) is 0 Å². The maximum absolute atomic E-state index is 11.9. The first-order valence-corrected chi connectivity index (χ1v) is 7.32. The molecule has 1 saturated heterocycles. The number of hydrogen-bond donors (Lipinski definition) is 2. The molecule has 1 amide bonds. The number of amides is 1. The molecular weight excluding hydrogens is 326 g/mol. The predicted octanol–water partition coefficient (Wildman–Crippen LogP) is 1.80. The number of benzene rings is 1. The van der Waals surface area contributed by atoms with E-state index < -0.39 is 0 Å². The number of likely N-dealkylation sites (N-methyl/N-ethyl adjacent to an activating group) is 1. The Bertz CT molecular complexity index is 521. The number of thiocarbonyl (C=S) groups is 1. The van der Waals surface area contributed by atoms with E-state index >= 15 is 0 Å². The number of rotatable bonds is 3. The summed E-state index contributed by atoms with van der Waals surface area (Å²) in [4.78, 5) is 14.3. The third-order valence-electron chi connectivity index (χ3n) is 3.34. The van der Waals surface area contributed by atoms with E-state index in [4.69, 9.17) is 18.0 Å². The maximum atomic E-state index is 11.9. The molecule has 3 N–H and O–H groups in total. The number of halogens is 1. The Balaban J connectivity index is 2.40. The van der Waals surface area contributed by atoms with Crippen molar-refractivity contribution in [3.05, 3.63) is 28.2 Å². The molecule has 1 aromatic rings. The Labute approximate surface area is 126 Å². The topological polar surface area (TPSA) is 58.4 Å². The number of nitrogens with one attached hydrogen (secondary N) is 1. The molecule has 6 heteroatoms. The van der Waals surface area contributed by atoms with Crippen molar-refractivity contribution in [2.75, 3.05) is 18.5 Å². The average molecular weight is 342 g/mol. The highest BCUT2D eigenvalue weighted by Gasteiger charge is 2.31. The minimum absolute atomic E-state index is 0.0364. The minimum atomic E-state index is -0.140. The van der Waals surface area contributed by atoms with Crippen LogP contribution in [0.4, 0.5) is 5.69 Å². The molecule has 1 aliphatic heterocycles. The molecule has 0 aromatic heterocycles. The molecule has 4 nitrogen and oxygen atoms in total. The van der Waals surface area contributed by atoms with Gasteiger partial charge in [0.2, 0.25) is 5.91 Å². The van der Waals surface area contributed by atoms with Gasteiger partial charge in [-0.15, -0.1) is 0 Å². The third-order valence-corrected chi connectivity index (χ3v) is 4.05. The van der Waals surface area contributed by atoms with Crippen LogP contribution in [0.1, 0.15) is 18.4 Å². The summed E-state index contributed by atoms with van der Waals surface area (Å²) in [6.45, 7) is 0.843. The second kappa shape index (κ2) is 5.88. The molecule has 1 heterocycles. The summed E-state index contributed by atoms with van der Waals surface area (Å²) in [5.74, 6) is 0.0364. The van der Waals surface area contributed by atoms with Crippen molar-refractivity contribution in [1.82, 2.24) is 5.32 Å². The fourth-order valence-corrected chi connectivity index (χ4v) is 2.97.